The molecule has 0 N–H and O–H groups in total. The SMILES string of the molecule is C[C@@]12C[C@@H](c3ccccc3O1)N(C(=O)c1ccccc1)C(=O)N2c1ccc(Cl)cc1. The van der Waals surface area contributed by atoms with Crippen LogP contribution in [0.25, 0.3) is 0 Å². The van der Waals surface area contributed by atoms with Gasteiger partial charge in [-0.1, -0.05) is 48.0 Å². The van der Waals surface area contributed by atoms with Crippen molar-refractivity contribution >= 4 is 29.2 Å². The van der Waals surface area contributed by atoms with Crippen molar-refractivity contribution in [1.82, 2.24) is 4.90 Å². The smallest absolute Gasteiger partial charge is 0.335 e. The van der Waals surface area contributed by atoms with Gasteiger partial charge in [0, 0.05) is 28.3 Å². The summed E-state index contributed by atoms with van der Waals surface area (Å²) in [5.74, 6) is 0.344. The number of fused-ring (bicyclic) bond motifs is 4. The molecule has 150 valence electrons. The van der Waals surface area contributed by atoms with E-state index in [9.17, 15) is 9.59 Å². The van der Waals surface area contributed by atoms with Crippen molar-refractivity contribution in [2.75, 3.05) is 4.90 Å². The van der Waals surface area contributed by atoms with Crippen LogP contribution in [0.5, 0.6) is 5.75 Å². The molecule has 0 aliphatic carbocycles. The highest BCUT2D eigenvalue weighted by atomic mass is 35.5. The monoisotopic (exact) mass is 418 g/mol. The molecule has 2 heterocycles. The molecule has 2 aliphatic rings. The Morgan fingerprint density at radius 3 is 2.40 bits per heavy atom. The second kappa shape index (κ2) is 6.89. The summed E-state index contributed by atoms with van der Waals surface area (Å²) >= 11 is 6.05. The van der Waals surface area contributed by atoms with E-state index in [1.165, 1.54) is 4.90 Å². The second-order valence-corrected chi connectivity index (χ2v) is 8.11. The lowest BCUT2D eigenvalue weighted by atomic mass is 9.88. The highest BCUT2D eigenvalue weighted by molar-refractivity contribution is 6.30. The van der Waals surface area contributed by atoms with Gasteiger partial charge in [-0.2, -0.15) is 0 Å². The topological polar surface area (TPSA) is 49.9 Å². The first-order valence-electron chi connectivity index (χ1n) is 9.74. The minimum atomic E-state index is -0.933. The number of hydrogen-bond donors (Lipinski definition) is 0. The van der Waals surface area contributed by atoms with Crippen molar-refractivity contribution < 1.29 is 14.3 Å². The molecule has 2 atom stereocenters. The Bertz CT molecular complexity index is 1130. The highest BCUT2D eigenvalue weighted by Gasteiger charge is 2.55. The lowest BCUT2D eigenvalue weighted by Gasteiger charge is -2.53. The fourth-order valence-electron chi connectivity index (χ4n) is 4.33. The van der Waals surface area contributed by atoms with E-state index in [-0.39, 0.29) is 5.91 Å². The molecular weight excluding hydrogens is 400 g/mol. The van der Waals surface area contributed by atoms with E-state index in [0.29, 0.717) is 28.4 Å². The molecule has 2 bridgehead atoms. The van der Waals surface area contributed by atoms with Gasteiger partial charge in [-0.3, -0.25) is 14.6 Å². The summed E-state index contributed by atoms with van der Waals surface area (Å²) in [6, 6.07) is 22.6. The van der Waals surface area contributed by atoms with Gasteiger partial charge >= 0.3 is 6.03 Å². The molecule has 3 aromatic carbocycles. The minimum Gasteiger partial charge on any atom is -0.467 e. The molecule has 2 aliphatic heterocycles. The highest BCUT2D eigenvalue weighted by Crippen LogP contribution is 2.49. The van der Waals surface area contributed by atoms with Crippen LogP contribution in [0.1, 0.15) is 35.3 Å². The van der Waals surface area contributed by atoms with E-state index in [2.05, 4.69) is 0 Å². The maximum Gasteiger partial charge on any atom is 0.335 e. The number of carbonyl (C=O) groups is 2. The summed E-state index contributed by atoms with van der Waals surface area (Å²) in [7, 11) is 0. The number of hydrogen-bond acceptors (Lipinski definition) is 3. The zero-order chi connectivity index (χ0) is 20.9. The predicted molar refractivity (Wildman–Crippen MR) is 115 cm³/mol. The average Bonchev–Trinajstić information content (AvgIpc) is 2.75. The van der Waals surface area contributed by atoms with Gasteiger partial charge in [-0.15, -0.1) is 0 Å². The third-order valence-corrected chi connectivity index (χ3v) is 5.94. The third kappa shape index (κ3) is 2.85. The largest absolute Gasteiger partial charge is 0.467 e. The zero-order valence-electron chi connectivity index (χ0n) is 16.3. The van der Waals surface area contributed by atoms with Gasteiger partial charge < -0.3 is 4.74 Å². The fraction of sp³-hybridized carbons (Fsp3) is 0.167. The standard InChI is InChI=1S/C24H19ClN2O3/c1-24-15-20(19-9-5-6-10-21(19)30-24)26(22(28)16-7-3-2-4-8-16)23(29)27(24)18-13-11-17(25)12-14-18/h2-14,20H,15H2,1H3/t20-,24-/m0/s1. The van der Waals surface area contributed by atoms with Crippen LogP contribution < -0.4 is 9.64 Å². The number of ether oxygens (including phenoxy) is 1. The number of para-hydroxylation sites is 1. The molecule has 0 radical (unpaired) electrons. The van der Waals surface area contributed by atoms with Gasteiger partial charge in [0.25, 0.3) is 5.91 Å². The molecule has 6 heteroatoms. The predicted octanol–water partition coefficient (Wildman–Crippen LogP) is 5.66. The van der Waals surface area contributed by atoms with Crippen molar-refractivity contribution in [3.8, 4) is 5.75 Å². The summed E-state index contributed by atoms with van der Waals surface area (Å²) in [4.78, 5) is 30.2. The maximum atomic E-state index is 13.8. The minimum absolute atomic E-state index is 0.330. The van der Waals surface area contributed by atoms with E-state index in [4.69, 9.17) is 16.3 Å². The van der Waals surface area contributed by atoms with E-state index in [1.807, 2.05) is 37.3 Å². The van der Waals surface area contributed by atoms with Crippen LogP contribution in [0.15, 0.2) is 78.9 Å². The second-order valence-electron chi connectivity index (χ2n) is 7.67. The third-order valence-electron chi connectivity index (χ3n) is 5.69. The van der Waals surface area contributed by atoms with Gasteiger partial charge in [-0.05, 0) is 49.4 Å². The summed E-state index contributed by atoms with van der Waals surface area (Å²) in [6.07, 6.45) is 0.455. The number of imide groups is 1. The molecule has 3 aromatic rings. The summed E-state index contributed by atoms with van der Waals surface area (Å²) in [5, 5.41) is 0.568. The van der Waals surface area contributed by atoms with Crippen molar-refractivity contribution in [2.24, 2.45) is 0 Å². The first-order chi connectivity index (χ1) is 14.5. The Balaban J connectivity index is 1.67. The number of anilines is 1. The molecule has 0 unspecified atom stereocenters. The Hall–Kier alpha value is -3.31. The molecule has 5 rings (SSSR count). The Kier molecular flexibility index (Phi) is 4.29. The van der Waals surface area contributed by atoms with Crippen LogP contribution in [0.2, 0.25) is 5.02 Å². The first-order valence-corrected chi connectivity index (χ1v) is 10.1. The molecule has 0 spiro atoms. The van der Waals surface area contributed by atoms with Gasteiger partial charge in [0.15, 0.2) is 5.72 Å². The lowest BCUT2D eigenvalue weighted by molar-refractivity contribution is 0.00268. The molecule has 3 amide bonds. The van der Waals surface area contributed by atoms with Crippen LogP contribution in [-0.4, -0.2) is 22.6 Å². The Morgan fingerprint density at radius 1 is 1.00 bits per heavy atom. The van der Waals surface area contributed by atoms with Crippen molar-refractivity contribution in [2.45, 2.75) is 25.1 Å². The number of carbonyl (C=O) groups excluding carboxylic acids is 2. The normalized spacial score (nSPS) is 22.3. The number of urea groups is 1. The van der Waals surface area contributed by atoms with Crippen LogP contribution in [0.3, 0.4) is 0 Å². The van der Waals surface area contributed by atoms with Crippen LogP contribution >= 0.6 is 11.6 Å². The molecule has 5 nitrogen and oxygen atoms in total. The summed E-state index contributed by atoms with van der Waals surface area (Å²) in [5.41, 5.74) is 0.991. The average molecular weight is 419 g/mol. The zero-order valence-corrected chi connectivity index (χ0v) is 17.0. The quantitative estimate of drug-likeness (QED) is 0.539. The van der Waals surface area contributed by atoms with Crippen molar-refractivity contribution in [3.05, 3.63) is 95.0 Å². The van der Waals surface area contributed by atoms with Crippen LogP contribution in [0.4, 0.5) is 10.5 Å². The van der Waals surface area contributed by atoms with Crippen LogP contribution in [0, 0.1) is 0 Å². The van der Waals surface area contributed by atoms with Crippen LogP contribution in [-0.2, 0) is 0 Å². The summed E-state index contributed by atoms with van der Waals surface area (Å²) in [6.45, 7) is 1.88. The molecule has 1 fully saturated rings. The molecule has 0 aromatic heterocycles. The fourth-order valence-corrected chi connectivity index (χ4v) is 4.45. The molecule has 0 saturated carbocycles. The van der Waals surface area contributed by atoms with Gasteiger partial charge in [0.1, 0.15) is 5.75 Å². The van der Waals surface area contributed by atoms with Gasteiger partial charge in [0.05, 0.1) is 6.04 Å². The number of amides is 3. The van der Waals surface area contributed by atoms with E-state index < -0.39 is 17.8 Å². The number of benzene rings is 3. The molecule has 30 heavy (non-hydrogen) atoms. The number of nitrogens with zero attached hydrogens (tertiary/aromatic N) is 2. The maximum absolute atomic E-state index is 13.8. The summed E-state index contributed by atoms with van der Waals surface area (Å²) < 4.78 is 6.33. The van der Waals surface area contributed by atoms with E-state index in [0.717, 1.165) is 5.56 Å². The lowest BCUT2D eigenvalue weighted by Crippen LogP contribution is -2.67. The van der Waals surface area contributed by atoms with E-state index in [1.54, 1.807) is 53.4 Å². The van der Waals surface area contributed by atoms with Gasteiger partial charge in [-0.25, -0.2) is 4.79 Å². The number of rotatable bonds is 2. The van der Waals surface area contributed by atoms with Gasteiger partial charge in [0.2, 0.25) is 0 Å². The Labute approximate surface area is 179 Å². The Morgan fingerprint density at radius 2 is 1.67 bits per heavy atom. The molecule has 1 saturated heterocycles. The van der Waals surface area contributed by atoms with Crippen molar-refractivity contribution in [3.63, 3.8) is 0 Å². The number of halogens is 1. The molecular formula is C24H19ClN2O3. The van der Waals surface area contributed by atoms with Crippen molar-refractivity contribution in [1.29, 1.82) is 0 Å². The van der Waals surface area contributed by atoms with E-state index >= 15 is 0 Å². The first kappa shape index (κ1) is 18.7.